The summed E-state index contributed by atoms with van der Waals surface area (Å²) in [7, 11) is 0. The van der Waals surface area contributed by atoms with E-state index >= 15 is 0 Å². The van der Waals surface area contributed by atoms with Crippen LogP contribution in [0.15, 0.2) is 52.0 Å². The Labute approximate surface area is 145 Å². The number of nitrogens with two attached hydrogens (primary N) is 1. The van der Waals surface area contributed by atoms with E-state index in [1.54, 1.807) is 29.2 Å². The number of carbonyl (C=O) groups is 1. The summed E-state index contributed by atoms with van der Waals surface area (Å²) in [4.78, 5) is 14.4. The highest BCUT2D eigenvalue weighted by molar-refractivity contribution is 9.10. The van der Waals surface area contributed by atoms with Crippen LogP contribution >= 0.6 is 27.5 Å². The summed E-state index contributed by atoms with van der Waals surface area (Å²) in [5.41, 5.74) is 9.91. The van der Waals surface area contributed by atoms with Gasteiger partial charge in [-0.25, -0.2) is 0 Å². The van der Waals surface area contributed by atoms with Gasteiger partial charge < -0.3 is 11.1 Å². The molecular weight excluding hydrogens is 382 g/mol. The summed E-state index contributed by atoms with van der Waals surface area (Å²) in [5.74, 6) is -0.0416. The SMILES string of the molecule is NC1=NNC2(C(=O)Nc3ccc(Br)cc32)N1c1ccc(Cl)cc1. The third kappa shape index (κ3) is 1.93. The van der Waals surface area contributed by atoms with Crippen molar-refractivity contribution < 1.29 is 4.79 Å². The maximum atomic E-state index is 12.8. The molecule has 0 aromatic heterocycles. The Kier molecular flexibility index (Phi) is 3.04. The normalized spacial score (nSPS) is 21.9. The minimum absolute atomic E-state index is 0.204. The minimum Gasteiger partial charge on any atom is -0.368 e. The van der Waals surface area contributed by atoms with Crippen LogP contribution in [0.3, 0.4) is 0 Å². The smallest absolute Gasteiger partial charge is 0.278 e. The summed E-state index contributed by atoms with van der Waals surface area (Å²) >= 11 is 9.40. The number of guanidine groups is 1. The molecule has 116 valence electrons. The molecule has 2 aromatic rings. The molecule has 2 aliphatic heterocycles. The van der Waals surface area contributed by atoms with E-state index < -0.39 is 5.66 Å². The fourth-order valence-corrected chi connectivity index (χ4v) is 3.41. The molecule has 2 aromatic carbocycles. The van der Waals surface area contributed by atoms with E-state index in [0.717, 1.165) is 15.7 Å². The van der Waals surface area contributed by atoms with Gasteiger partial charge in [0.05, 0.1) is 0 Å². The van der Waals surface area contributed by atoms with Gasteiger partial charge in [-0.1, -0.05) is 27.5 Å². The molecule has 1 spiro atoms. The first-order chi connectivity index (χ1) is 11.0. The second-order valence-corrected chi connectivity index (χ2v) is 6.60. The van der Waals surface area contributed by atoms with Gasteiger partial charge in [-0.05, 0) is 42.5 Å². The minimum atomic E-state index is -1.21. The molecule has 0 fully saturated rings. The number of rotatable bonds is 1. The third-order valence-electron chi connectivity index (χ3n) is 3.93. The van der Waals surface area contributed by atoms with Crippen LogP contribution in [0.4, 0.5) is 11.4 Å². The average molecular weight is 393 g/mol. The molecule has 0 saturated carbocycles. The molecule has 6 nitrogen and oxygen atoms in total. The Morgan fingerprint density at radius 3 is 2.70 bits per heavy atom. The van der Waals surface area contributed by atoms with E-state index in [0.29, 0.717) is 10.7 Å². The zero-order valence-corrected chi connectivity index (χ0v) is 14.0. The number of hydrogen-bond acceptors (Lipinski definition) is 5. The maximum absolute atomic E-state index is 12.8. The number of benzene rings is 2. The second kappa shape index (κ2) is 4.87. The van der Waals surface area contributed by atoms with Gasteiger partial charge in [0, 0.05) is 26.4 Å². The van der Waals surface area contributed by atoms with Gasteiger partial charge in [-0.15, -0.1) is 5.10 Å². The molecular formula is C15H11BrClN5O. The van der Waals surface area contributed by atoms with Crippen LogP contribution < -0.4 is 21.4 Å². The molecule has 1 unspecified atom stereocenters. The molecule has 0 saturated heterocycles. The van der Waals surface area contributed by atoms with Gasteiger partial charge in [0.15, 0.2) is 0 Å². The van der Waals surface area contributed by atoms with E-state index in [9.17, 15) is 4.79 Å². The number of halogens is 2. The van der Waals surface area contributed by atoms with Gasteiger partial charge in [-0.3, -0.25) is 15.1 Å². The van der Waals surface area contributed by atoms with Gasteiger partial charge in [0.25, 0.3) is 5.91 Å². The van der Waals surface area contributed by atoms with Crippen LogP contribution in [-0.2, 0) is 10.5 Å². The molecule has 0 bridgehead atoms. The Hall–Kier alpha value is -2.25. The lowest BCUT2D eigenvalue weighted by atomic mass is 9.99. The van der Waals surface area contributed by atoms with Crippen molar-refractivity contribution in [2.75, 3.05) is 10.2 Å². The fraction of sp³-hybridized carbons (Fsp3) is 0.0667. The number of hydrazone groups is 1. The van der Waals surface area contributed by atoms with Crippen molar-refractivity contribution in [3.05, 3.63) is 57.5 Å². The molecule has 0 radical (unpaired) electrons. The van der Waals surface area contributed by atoms with Crippen molar-refractivity contribution in [1.29, 1.82) is 0 Å². The van der Waals surface area contributed by atoms with Crippen molar-refractivity contribution in [2.45, 2.75) is 5.66 Å². The number of anilines is 2. The lowest BCUT2D eigenvalue weighted by molar-refractivity contribution is -0.121. The summed E-state index contributed by atoms with van der Waals surface area (Å²) in [6.45, 7) is 0. The Balaban J connectivity index is 1.92. The summed E-state index contributed by atoms with van der Waals surface area (Å²) < 4.78 is 0.857. The molecule has 4 N–H and O–H groups in total. The van der Waals surface area contributed by atoms with E-state index in [1.807, 2.05) is 18.2 Å². The largest absolute Gasteiger partial charge is 0.368 e. The molecule has 2 aliphatic rings. The summed E-state index contributed by atoms with van der Waals surface area (Å²) in [5, 5.41) is 7.56. The molecule has 1 amide bonds. The Bertz CT molecular complexity index is 853. The molecule has 1 atom stereocenters. The number of fused-ring (bicyclic) bond motifs is 2. The molecule has 23 heavy (non-hydrogen) atoms. The summed E-state index contributed by atoms with van der Waals surface area (Å²) in [6, 6.07) is 12.6. The van der Waals surface area contributed by atoms with Crippen LogP contribution in [0, 0.1) is 0 Å². The second-order valence-electron chi connectivity index (χ2n) is 5.25. The van der Waals surface area contributed by atoms with E-state index in [4.69, 9.17) is 17.3 Å². The summed E-state index contributed by atoms with van der Waals surface area (Å²) in [6.07, 6.45) is 0. The zero-order chi connectivity index (χ0) is 16.2. The van der Waals surface area contributed by atoms with Crippen molar-refractivity contribution in [1.82, 2.24) is 5.43 Å². The van der Waals surface area contributed by atoms with Crippen LogP contribution in [0.2, 0.25) is 5.02 Å². The van der Waals surface area contributed by atoms with Crippen LogP contribution in [0.25, 0.3) is 0 Å². The van der Waals surface area contributed by atoms with Gasteiger partial charge in [0.1, 0.15) is 0 Å². The monoisotopic (exact) mass is 391 g/mol. The van der Waals surface area contributed by atoms with Gasteiger partial charge >= 0.3 is 0 Å². The molecule has 4 rings (SSSR count). The van der Waals surface area contributed by atoms with Crippen molar-refractivity contribution in [2.24, 2.45) is 10.8 Å². The topological polar surface area (TPSA) is 82.7 Å². The lowest BCUT2D eigenvalue weighted by Crippen LogP contribution is -2.57. The molecule has 8 heteroatoms. The van der Waals surface area contributed by atoms with E-state index in [-0.39, 0.29) is 11.9 Å². The highest BCUT2D eigenvalue weighted by atomic mass is 79.9. The quantitative estimate of drug-likeness (QED) is 0.696. The van der Waals surface area contributed by atoms with E-state index in [2.05, 4.69) is 31.8 Å². The Morgan fingerprint density at radius 1 is 1.22 bits per heavy atom. The number of hydrogen-bond donors (Lipinski definition) is 3. The average Bonchev–Trinajstić information content (AvgIpc) is 3.01. The fourth-order valence-electron chi connectivity index (χ4n) is 2.92. The first-order valence-electron chi connectivity index (χ1n) is 6.80. The highest BCUT2D eigenvalue weighted by Gasteiger charge is 2.56. The predicted octanol–water partition coefficient (Wildman–Crippen LogP) is 2.55. The Morgan fingerprint density at radius 2 is 1.96 bits per heavy atom. The first kappa shape index (κ1) is 14.3. The van der Waals surface area contributed by atoms with Crippen LogP contribution in [-0.4, -0.2) is 11.9 Å². The van der Waals surface area contributed by atoms with Crippen LogP contribution in [0.1, 0.15) is 5.56 Å². The standard InChI is InChI=1S/C15H11BrClN5O/c16-8-1-6-12-11(7-8)15(13(23)19-12)21-20-14(18)22(15)10-4-2-9(17)3-5-10/h1-7,21H,(H2,18,20)(H,19,23). The van der Waals surface area contributed by atoms with Gasteiger partial charge in [-0.2, -0.15) is 0 Å². The molecule has 2 heterocycles. The zero-order valence-electron chi connectivity index (χ0n) is 11.7. The van der Waals surface area contributed by atoms with E-state index in [1.165, 1.54) is 0 Å². The highest BCUT2D eigenvalue weighted by Crippen LogP contribution is 2.43. The third-order valence-corrected chi connectivity index (χ3v) is 4.68. The number of carbonyl (C=O) groups excluding carboxylic acids is 1. The predicted molar refractivity (Wildman–Crippen MR) is 93.1 cm³/mol. The number of nitrogens with zero attached hydrogens (tertiary/aromatic N) is 2. The number of nitrogens with one attached hydrogen (secondary N) is 2. The molecule has 0 aliphatic carbocycles. The van der Waals surface area contributed by atoms with Crippen molar-refractivity contribution >= 4 is 50.8 Å². The van der Waals surface area contributed by atoms with Crippen molar-refractivity contribution in [3.8, 4) is 0 Å². The lowest BCUT2D eigenvalue weighted by Gasteiger charge is -2.33. The van der Waals surface area contributed by atoms with Crippen LogP contribution in [0.5, 0.6) is 0 Å². The van der Waals surface area contributed by atoms with Gasteiger partial charge in [0.2, 0.25) is 11.6 Å². The van der Waals surface area contributed by atoms with Crippen molar-refractivity contribution in [3.63, 3.8) is 0 Å². The maximum Gasteiger partial charge on any atom is 0.278 e. The number of amides is 1. The first-order valence-corrected chi connectivity index (χ1v) is 7.97.